The molecule has 186 valence electrons. The van der Waals surface area contributed by atoms with Crippen LogP contribution in [-0.2, 0) is 4.79 Å². The van der Waals surface area contributed by atoms with Crippen molar-refractivity contribution in [3.05, 3.63) is 70.4 Å². The van der Waals surface area contributed by atoms with Crippen LogP contribution in [0.15, 0.2) is 48.5 Å². The normalized spacial score (nSPS) is 13.1. The number of anilines is 1. The summed E-state index contributed by atoms with van der Waals surface area (Å²) in [5.41, 5.74) is 3.49. The number of aromatic nitrogens is 1. The molecule has 36 heavy (non-hydrogen) atoms. The van der Waals surface area contributed by atoms with Gasteiger partial charge in [-0.1, -0.05) is 23.7 Å². The largest absolute Gasteiger partial charge is 0.495 e. The molecule has 1 aliphatic heterocycles. The van der Waals surface area contributed by atoms with Crippen LogP contribution >= 0.6 is 11.6 Å². The van der Waals surface area contributed by atoms with E-state index < -0.39 is 0 Å². The predicted molar refractivity (Wildman–Crippen MR) is 138 cm³/mol. The number of rotatable bonds is 9. The van der Waals surface area contributed by atoms with Crippen molar-refractivity contribution in [2.45, 2.75) is 32.6 Å². The third kappa shape index (κ3) is 5.26. The maximum absolute atomic E-state index is 12.9. The Morgan fingerprint density at radius 2 is 1.72 bits per heavy atom. The highest BCUT2D eigenvalue weighted by atomic mass is 35.5. The molecule has 0 N–H and O–H groups in total. The Bertz CT molecular complexity index is 1340. The van der Waals surface area contributed by atoms with Gasteiger partial charge in [-0.25, -0.2) is 4.98 Å². The molecule has 0 unspecified atom stereocenters. The summed E-state index contributed by atoms with van der Waals surface area (Å²) in [7, 11) is 3.04. The number of Topliss-reactive ketones (excluding diaryl/α,β-unsaturated/α-hetero) is 2. The molecule has 7 nitrogen and oxygen atoms in total. The van der Waals surface area contributed by atoms with Gasteiger partial charge in [0.15, 0.2) is 11.6 Å². The van der Waals surface area contributed by atoms with Crippen molar-refractivity contribution in [2.24, 2.45) is 0 Å². The molecular formula is C28H27ClN2O5. The van der Waals surface area contributed by atoms with Gasteiger partial charge < -0.3 is 14.4 Å². The van der Waals surface area contributed by atoms with E-state index in [1.165, 1.54) is 14.2 Å². The van der Waals surface area contributed by atoms with Crippen LogP contribution < -0.4 is 14.4 Å². The first kappa shape index (κ1) is 25.4. The summed E-state index contributed by atoms with van der Waals surface area (Å²) in [4.78, 5) is 44.1. The maximum Gasteiger partial charge on any atom is 0.227 e. The second-order valence-electron chi connectivity index (χ2n) is 8.59. The standard InChI is InChI=1S/C28H27ClN2O5/c1-17-6-7-19(15-20(17)29)28-25(35-2)13-9-21(30-28)24(33)12-11-23(32)18-8-10-22(26(16-18)36-3)31-14-4-5-27(31)34/h6-10,13,15-16H,4-5,11-12,14H2,1-3H3. The van der Waals surface area contributed by atoms with Crippen LogP contribution in [0.1, 0.15) is 52.1 Å². The third-order valence-corrected chi connectivity index (χ3v) is 6.66. The van der Waals surface area contributed by atoms with E-state index in [2.05, 4.69) is 4.98 Å². The number of nitrogens with zero attached hydrogens (tertiary/aromatic N) is 2. The third-order valence-electron chi connectivity index (χ3n) is 6.25. The highest BCUT2D eigenvalue weighted by Crippen LogP contribution is 2.33. The van der Waals surface area contributed by atoms with Gasteiger partial charge in [0.05, 0.1) is 19.9 Å². The average molecular weight is 507 g/mol. The van der Waals surface area contributed by atoms with Gasteiger partial charge >= 0.3 is 0 Å². The van der Waals surface area contributed by atoms with Gasteiger partial charge in [-0.15, -0.1) is 0 Å². The van der Waals surface area contributed by atoms with Crippen molar-refractivity contribution >= 4 is 34.8 Å². The van der Waals surface area contributed by atoms with Crippen LogP contribution in [0.5, 0.6) is 11.5 Å². The van der Waals surface area contributed by atoms with Crippen LogP contribution in [0.2, 0.25) is 5.02 Å². The number of benzene rings is 2. The summed E-state index contributed by atoms with van der Waals surface area (Å²) in [6, 6.07) is 13.8. The molecule has 1 aromatic heterocycles. The van der Waals surface area contributed by atoms with E-state index in [9.17, 15) is 14.4 Å². The zero-order chi connectivity index (χ0) is 25.8. The van der Waals surface area contributed by atoms with E-state index in [1.807, 2.05) is 19.1 Å². The first-order valence-electron chi connectivity index (χ1n) is 11.7. The molecule has 1 fully saturated rings. The van der Waals surface area contributed by atoms with Gasteiger partial charge in [0.1, 0.15) is 22.9 Å². The smallest absolute Gasteiger partial charge is 0.227 e. The number of pyridine rings is 1. The molecule has 8 heteroatoms. The molecule has 2 heterocycles. The summed E-state index contributed by atoms with van der Waals surface area (Å²) in [6.07, 6.45) is 1.32. The molecule has 0 spiro atoms. The van der Waals surface area contributed by atoms with Crippen molar-refractivity contribution in [3.63, 3.8) is 0 Å². The van der Waals surface area contributed by atoms with E-state index in [0.29, 0.717) is 46.4 Å². The van der Waals surface area contributed by atoms with Gasteiger partial charge in [-0.05, 0) is 55.3 Å². The molecular weight excluding hydrogens is 480 g/mol. The minimum absolute atomic E-state index is 0.000927. The molecule has 0 atom stereocenters. The Balaban J connectivity index is 1.49. The summed E-state index contributed by atoms with van der Waals surface area (Å²) < 4.78 is 10.9. The number of methoxy groups -OCH3 is 2. The van der Waals surface area contributed by atoms with Crippen molar-refractivity contribution in [1.82, 2.24) is 4.98 Å². The Kier molecular flexibility index (Phi) is 7.70. The molecule has 0 saturated carbocycles. The topological polar surface area (TPSA) is 85.8 Å². The van der Waals surface area contributed by atoms with Crippen molar-refractivity contribution in [3.8, 4) is 22.8 Å². The van der Waals surface area contributed by atoms with Gasteiger partial charge in [0.25, 0.3) is 0 Å². The number of ketones is 2. The molecule has 0 bridgehead atoms. The number of aryl methyl sites for hydroxylation is 1. The van der Waals surface area contributed by atoms with E-state index >= 15 is 0 Å². The van der Waals surface area contributed by atoms with E-state index in [0.717, 1.165) is 17.5 Å². The number of carbonyl (C=O) groups is 3. The molecule has 2 aromatic carbocycles. The fourth-order valence-corrected chi connectivity index (χ4v) is 4.37. The van der Waals surface area contributed by atoms with Crippen molar-refractivity contribution < 1.29 is 23.9 Å². The van der Waals surface area contributed by atoms with Gasteiger partial charge in [-0.3, -0.25) is 14.4 Å². The lowest BCUT2D eigenvalue weighted by Crippen LogP contribution is -2.24. The van der Waals surface area contributed by atoms with Crippen molar-refractivity contribution in [1.29, 1.82) is 0 Å². The minimum atomic E-state index is -0.253. The molecule has 1 aliphatic rings. The second kappa shape index (κ2) is 10.9. The van der Waals surface area contributed by atoms with Crippen LogP contribution in [0.4, 0.5) is 5.69 Å². The highest BCUT2D eigenvalue weighted by molar-refractivity contribution is 6.31. The zero-order valence-corrected chi connectivity index (χ0v) is 21.2. The summed E-state index contributed by atoms with van der Waals surface area (Å²) in [5.74, 6) is 0.570. The molecule has 3 aromatic rings. The van der Waals surface area contributed by atoms with Crippen LogP contribution in [0.3, 0.4) is 0 Å². The fourth-order valence-electron chi connectivity index (χ4n) is 4.19. The predicted octanol–water partition coefficient (Wildman–Crippen LogP) is 5.70. The Morgan fingerprint density at radius 1 is 0.972 bits per heavy atom. The van der Waals surface area contributed by atoms with Crippen LogP contribution in [0.25, 0.3) is 11.3 Å². The number of amides is 1. The molecule has 4 rings (SSSR count). The van der Waals surface area contributed by atoms with Gasteiger partial charge in [0, 0.05) is 42.0 Å². The number of ether oxygens (including phenoxy) is 2. The molecule has 0 radical (unpaired) electrons. The van der Waals surface area contributed by atoms with Crippen LogP contribution in [0, 0.1) is 6.92 Å². The summed E-state index contributed by atoms with van der Waals surface area (Å²) in [5, 5.41) is 0.592. The number of halogens is 1. The summed E-state index contributed by atoms with van der Waals surface area (Å²) in [6.45, 7) is 2.53. The van der Waals surface area contributed by atoms with E-state index in [4.69, 9.17) is 21.1 Å². The number of carbonyl (C=O) groups excluding carboxylic acids is 3. The minimum Gasteiger partial charge on any atom is -0.495 e. The fraction of sp³-hybridized carbons (Fsp3) is 0.286. The summed E-state index contributed by atoms with van der Waals surface area (Å²) >= 11 is 6.28. The molecule has 1 amide bonds. The van der Waals surface area contributed by atoms with E-state index in [1.54, 1.807) is 41.3 Å². The second-order valence-corrected chi connectivity index (χ2v) is 9.00. The lowest BCUT2D eigenvalue weighted by atomic mass is 10.0. The average Bonchev–Trinajstić information content (AvgIpc) is 3.33. The highest BCUT2D eigenvalue weighted by Gasteiger charge is 2.25. The zero-order valence-electron chi connectivity index (χ0n) is 20.5. The molecule has 0 aliphatic carbocycles. The lowest BCUT2D eigenvalue weighted by Gasteiger charge is -2.19. The Morgan fingerprint density at radius 3 is 2.39 bits per heavy atom. The monoisotopic (exact) mass is 506 g/mol. The van der Waals surface area contributed by atoms with Gasteiger partial charge in [0.2, 0.25) is 5.91 Å². The van der Waals surface area contributed by atoms with E-state index in [-0.39, 0.29) is 36.0 Å². The van der Waals surface area contributed by atoms with Crippen molar-refractivity contribution in [2.75, 3.05) is 25.7 Å². The quantitative estimate of drug-likeness (QED) is 0.346. The van der Waals surface area contributed by atoms with Crippen LogP contribution in [-0.4, -0.2) is 43.2 Å². The SMILES string of the molecule is COc1cc(C(=O)CCC(=O)c2ccc(OC)c(-c3ccc(C)c(Cl)c3)n2)ccc1N1CCCC1=O. The first-order valence-corrected chi connectivity index (χ1v) is 12.1. The number of hydrogen-bond acceptors (Lipinski definition) is 6. The Hall–Kier alpha value is -3.71. The number of hydrogen-bond donors (Lipinski definition) is 0. The maximum atomic E-state index is 12.9. The Labute approximate surface area is 215 Å². The lowest BCUT2D eigenvalue weighted by molar-refractivity contribution is -0.117. The molecule has 1 saturated heterocycles. The first-order chi connectivity index (χ1) is 17.3. The van der Waals surface area contributed by atoms with Gasteiger partial charge in [-0.2, -0.15) is 0 Å².